The second-order valence-electron chi connectivity index (χ2n) is 9.66. The van der Waals surface area contributed by atoms with Crippen molar-refractivity contribution in [2.45, 2.75) is 31.2 Å². The number of ether oxygens (including phenoxy) is 2. The number of hydrogen-bond donors (Lipinski definition) is 3. The van der Waals surface area contributed by atoms with Gasteiger partial charge in [-0.1, -0.05) is 18.2 Å². The summed E-state index contributed by atoms with van der Waals surface area (Å²) in [5, 5.41) is 19.1. The van der Waals surface area contributed by atoms with Crippen LogP contribution in [0.4, 0.5) is 32.6 Å². The van der Waals surface area contributed by atoms with Gasteiger partial charge in [0.1, 0.15) is 24.1 Å². The molecule has 2 heterocycles. The number of halogens is 5. The SMILES string of the molecule is COCCN1C[C@@H](NC(=O)Nc2c(C)c(OC[C@H](O)C(F)(F)F)nn2-c2ccccc2)[C@H](c2cc(F)cc(F)c2)C1. The standard InChI is InChI=1S/C27H30F5N5O4/c1-16-24(37(20-6-4-3-5-7-20)35-25(16)41-15-23(38)27(30,31)32)34-26(39)33-22-14-36(8-9-40-2)13-21(22)17-10-18(28)12-19(29)11-17/h3-7,10-12,21-23,38H,8-9,13-15H2,1-2H3,(H2,33,34,39)/t21-,22+,23-/m0/s1. The minimum absolute atomic E-state index is 0.118. The van der Waals surface area contributed by atoms with Crippen molar-refractivity contribution >= 4 is 11.8 Å². The number of para-hydroxylation sites is 1. The summed E-state index contributed by atoms with van der Waals surface area (Å²) in [5.74, 6) is -2.00. The van der Waals surface area contributed by atoms with Crippen LogP contribution in [0.1, 0.15) is 17.0 Å². The molecule has 3 atom stereocenters. The van der Waals surface area contributed by atoms with Crippen molar-refractivity contribution in [3.8, 4) is 11.6 Å². The summed E-state index contributed by atoms with van der Waals surface area (Å²) in [5.41, 5.74) is 1.09. The molecule has 3 N–H and O–H groups in total. The van der Waals surface area contributed by atoms with Gasteiger partial charge in [-0.3, -0.25) is 10.2 Å². The molecule has 41 heavy (non-hydrogen) atoms. The van der Waals surface area contributed by atoms with E-state index in [0.717, 1.165) is 6.07 Å². The fourth-order valence-corrected chi connectivity index (χ4v) is 4.64. The molecule has 0 radical (unpaired) electrons. The Morgan fingerprint density at radius 2 is 1.83 bits per heavy atom. The lowest BCUT2D eigenvalue weighted by molar-refractivity contribution is -0.210. The number of carbonyl (C=O) groups is 1. The zero-order valence-electron chi connectivity index (χ0n) is 22.3. The van der Waals surface area contributed by atoms with Crippen LogP contribution >= 0.6 is 0 Å². The first-order chi connectivity index (χ1) is 19.5. The normalized spacial score (nSPS) is 18.3. The fourth-order valence-electron chi connectivity index (χ4n) is 4.64. The summed E-state index contributed by atoms with van der Waals surface area (Å²) >= 11 is 0. The van der Waals surface area contributed by atoms with Crippen LogP contribution in [0.15, 0.2) is 48.5 Å². The van der Waals surface area contributed by atoms with Crippen molar-refractivity contribution in [3.05, 3.63) is 71.3 Å². The van der Waals surface area contributed by atoms with Crippen LogP contribution in [-0.4, -0.2) is 84.1 Å². The van der Waals surface area contributed by atoms with E-state index in [1.54, 1.807) is 37.4 Å². The molecule has 0 spiro atoms. The predicted octanol–water partition coefficient (Wildman–Crippen LogP) is 4.00. The van der Waals surface area contributed by atoms with Crippen LogP contribution in [0.25, 0.3) is 5.69 Å². The van der Waals surface area contributed by atoms with Crippen molar-refractivity contribution in [1.82, 2.24) is 20.0 Å². The number of alkyl halides is 3. The van der Waals surface area contributed by atoms with Crippen LogP contribution in [-0.2, 0) is 4.74 Å². The van der Waals surface area contributed by atoms with E-state index in [-0.39, 0.29) is 17.3 Å². The van der Waals surface area contributed by atoms with E-state index in [0.29, 0.717) is 37.5 Å². The number of benzene rings is 2. The zero-order valence-corrected chi connectivity index (χ0v) is 22.3. The molecule has 1 aromatic heterocycles. The van der Waals surface area contributed by atoms with Gasteiger partial charge in [0.15, 0.2) is 6.10 Å². The highest BCUT2D eigenvalue weighted by molar-refractivity contribution is 5.90. The molecule has 0 saturated carbocycles. The minimum atomic E-state index is -4.88. The van der Waals surface area contributed by atoms with E-state index in [4.69, 9.17) is 9.47 Å². The van der Waals surface area contributed by atoms with E-state index in [2.05, 4.69) is 15.7 Å². The number of nitrogens with zero attached hydrogens (tertiary/aromatic N) is 3. The van der Waals surface area contributed by atoms with Crippen molar-refractivity contribution in [2.75, 3.05) is 45.3 Å². The highest BCUT2D eigenvalue weighted by atomic mass is 19.4. The van der Waals surface area contributed by atoms with E-state index in [1.165, 1.54) is 23.7 Å². The lowest BCUT2D eigenvalue weighted by Crippen LogP contribution is -2.42. The Morgan fingerprint density at radius 1 is 1.15 bits per heavy atom. The average Bonchev–Trinajstić information content (AvgIpc) is 3.45. The molecule has 1 aliphatic rings. The molecule has 1 aliphatic heterocycles. The molecule has 4 rings (SSSR count). The number of methoxy groups -OCH3 is 1. The number of aliphatic hydroxyl groups is 1. The van der Waals surface area contributed by atoms with Gasteiger partial charge in [0, 0.05) is 38.7 Å². The third-order valence-corrected chi connectivity index (χ3v) is 6.70. The van der Waals surface area contributed by atoms with Gasteiger partial charge in [-0.15, -0.1) is 5.10 Å². The molecule has 222 valence electrons. The number of urea groups is 1. The van der Waals surface area contributed by atoms with Gasteiger partial charge in [0.25, 0.3) is 0 Å². The van der Waals surface area contributed by atoms with Gasteiger partial charge in [-0.25, -0.2) is 18.3 Å². The summed E-state index contributed by atoms with van der Waals surface area (Å²) in [6.07, 6.45) is -7.60. The Hall–Kier alpha value is -3.75. The van der Waals surface area contributed by atoms with Crippen molar-refractivity contribution in [1.29, 1.82) is 0 Å². The summed E-state index contributed by atoms with van der Waals surface area (Å²) in [7, 11) is 1.55. The summed E-state index contributed by atoms with van der Waals surface area (Å²) < 4.78 is 78.0. The molecule has 0 bridgehead atoms. The molecule has 1 fully saturated rings. The van der Waals surface area contributed by atoms with Crippen LogP contribution in [0.5, 0.6) is 5.88 Å². The number of likely N-dealkylation sites (tertiary alicyclic amines) is 1. The first-order valence-corrected chi connectivity index (χ1v) is 12.7. The molecular weight excluding hydrogens is 553 g/mol. The molecule has 2 amide bonds. The molecular formula is C27H30F5N5O4. The number of anilines is 1. The quantitative estimate of drug-likeness (QED) is 0.312. The number of carbonyl (C=O) groups excluding carboxylic acids is 1. The molecule has 0 unspecified atom stereocenters. The molecule has 2 aromatic carbocycles. The summed E-state index contributed by atoms with van der Waals surface area (Å²) in [6.45, 7) is 2.15. The summed E-state index contributed by atoms with van der Waals surface area (Å²) in [6, 6.07) is 10.5. The lowest BCUT2D eigenvalue weighted by atomic mass is 9.94. The van der Waals surface area contributed by atoms with Gasteiger partial charge in [-0.2, -0.15) is 13.2 Å². The van der Waals surface area contributed by atoms with Crippen LogP contribution in [0, 0.1) is 18.6 Å². The average molecular weight is 584 g/mol. The van der Waals surface area contributed by atoms with Gasteiger partial charge >= 0.3 is 12.2 Å². The van der Waals surface area contributed by atoms with Gasteiger partial charge in [0.2, 0.25) is 5.88 Å². The Bertz CT molecular complexity index is 1320. The second-order valence-corrected chi connectivity index (χ2v) is 9.66. The second kappa shape index (κ2) is 12.8. The highest BCUT2D eigenvalue weighted by Gasteiger charge is 2.39. The molecule has 9 nitrogen and oxygen atoms in total. The fraction of sp³-hybridized carbons (Fsp3) is 0.407. The number of rotatable bonds is 10. The lowest BCUT2D eigenvalue weighted by Gasteiger charge is -2.21. The Labute approximate surface area is 232 Å². The van der Waals surface area contributed by atoms with Crippen molar-refractivity contribution < 1.29 is 41.3 Å². The number of nitrogens with one attached hydrogen (secondary N) is 2. The van der Waals surface area contributed by atoms with Gasteiger partial charge in [-0.05, 0) is 36.8 Å². The number of aliphatic hydroxyl groups excluding tert-OH is 1. The van der Waals surface area contributed by atoms with Crippen LogP contribution in [0.3, 0.4) is 0 Å². The summed E-state index contributed by atoms with van der Waals surface area (Å²) in [4.78, 5) is 15.3. The Morgan fingerprint density at radius 3 is 2.46 bits per heavy atom. The smallest absolute Gasteiger partial charge is 0.417 e. The van der Waals surface area contributed by atoms with Crippen LogP contribution < -0.4 is 15.4 Å². The largest absolute Gasteiger partial charge is 0.473 e. The van der Waals surface area contributed by atoms with Gasteiger partial charge < -0.3 is 19.9 Å². The third kappa shape index (κ3) is 7.51. The maximum atomic E-state index is 14.0. The molecule has 1 saturated heterocycles. The van der Waals surface area contributed by atoms with Crippen LogP contribution in [0.2, 0.25) is 0 Å². The predicted molar refractivity (Wildman–Crippen MR) is 139 cm³/mol. The molecule has 0 aliphatic carbocycles. The monoisotopic (exact) mass is 583 g/mol. The molecule has 3 aromatic rings. The topological polar surface area (TPSA) is 101 Å². The van der Waals surface area contributed by atoms with Crippen molar-refractivity contribution in [2.24, 2.45) is 0 Å². The number of aromatic nitrogens is 2. The Balaban J connectivity index is 1.57. The van der Waals surface area contributed by atoms with E-state index in [9.17, 15) is 31.9 Å². The Kier molecular flexibility index (Phi) is 9.46. The van der Waals surface area contributed by atoms with E-state index in [1.807, 2.05) is 4.90 Å². The maximum absolute atomic E-state index is 14.0. The molecule has 14 heteroatoms. The maximum Gasteiger partial charge on any atom is 0.417 e. The van der Waals surface area contributed by atoms with Crippen molar-refractivity contribution in [3.63, 3.8) is 0 Å². The number of hydrogen-bond acceptors (Lipinski definition) is 6. The zero-order chi connectivity index (χ0) is 29.7. The first-order valence-electron chi connectivity index (χ1n) is 12.7. The number of amides is 2. The van der Waals surface area contributed by atoms with E-state index < -0.39 is 48.5 Å². The van der Waals surface area contributed by atoms with Gasteiger partial charge in [0.05, 0.1) is 23.9 Å². The minimum Gasteiger partial charge on any atom is -0.473 e. The van der Waals surface area contributed by atoms with E-state index >= 15 is 0 Å². The first kappa shape index (κ1) is 30.2. The highest BCUT2D eigenvalue weighted by Crippen LogP contribution is 2.31. The third-order valence-electron chi connectivity index (χ3n) is 6.70.